The van der Waals surface area contributed by atoms with Gasteiger partial charge >= 0.3 is 12.1 Å². The van der Waals surface area contributed by atoms with Crippen LogP contribution in [0.1, 0.15) is 32.6 Å². The normalized spacial score (nSPS) is 28.0. The average Bonchev–Trinajstić information content (AvgIpc) is 2.69. The first-order chi connectivity index (χ1) is 8.70. The van der Waals surface area contributed by atoms with Gasteiger partial charge in [-0.25, -0.2) is 0 Å². The number of carbonyl (C=O) groups is 1. The van der Waals surface area contributed by atoms with Gasteiger partial charge in [0.1, 0.15) is 5.54 Å². The lowest BCUT2D eigenvalue weighted by Crippen LogP contribution is -2.51. The quantitative estimate of drug-likeness (QED) is 0.781. The van der Waals surface area contributed by atoms with Crippen molar-refractivity contribution >= 4 is 5.97 Å². The van der Waals surface area contributed by atoms with Crippen LogP contribution >= 0.6 is 0 Å². The molecule has 0 aromatic heterocycles. The maximum atomic E-state index is 12.3. The fraction of sp³-hybridized carbons (Fsp3) is 0.917. The molecule has 0 amide bonds. The molecule has 1 rings (SSSR count). The largest absolute Gasteiger partial charge is 0.480 e. The molecular formula is C12H21F3N2O2. The molecule has 2 unspecified atom stereocenters. The van der Waals surface area contributed by atoms with Gasteiger partial charge in [0.2, 0.25) is 0 Å². The lowest BCUT2D eigenvalue weighted by atomic mass is 9.97. The van der Waals surface area contributed by atoms with Crippen LogP contribution in [0, 0.1) is 0 Å². The molecule has 0 aliphatic heterocycles. The zero-order chi connectivity index (χ0) is 14.7. The molecule has 2 atom stereocenters. The molecule has 0 aromatic rings. The highest BCUT2D eigenvalue weighted by Gasteiger charge is 2.47. The van der Waals surface area contributed by atoms with Crippen LogP contribution in [0.3, 0.4) is 0 Å². The fourth-order valence-corrected chi connectivity index (χ4v) is 2.60. The summed E-state index contributed by atoms with van der Waals surface area (Å²) in [6, 6.07) is -0.345. The minimum absolute atomic E-state index is 0.217. The fourth-order valence-electron chi connectivity index (χ4n) is 2.60. The summed E-state index contributed by atoms with van der Waals surface area (Å²) in [6.45, 7) is 1.48. The van der Waals surface area contributed by atoms with Gasteiger partial charge in [0.05, 0.1) is 6.54 Å². The Morgan fingerprint density at radius 2 is 2.16 bits per heavy atom. The first-order valence-electron chi connectivity index (χ1n) is 6.45. The zero-order valence-corrected chi connectivity index (χ0v) is 11.3. The van der Waals surface area contributed by atoms with Gasteiger partial charge in [-0.2, -0.15) is 13.2 Å². The van der Waals surface area contributed by atoms with Crippen LogP contribution in [0.2, 0.25) is 0 Å². The van der Waals surface area contributed by atoms with Crippen LogP contribution in [-0.2, 0) is 4.79 Å². The number of halogens is 3. The van der Waals surface area contributed by atoms with Crippen LogP contribution in [0.15, 0.2) is 0 Å². The SMILES string of the molecule is CCCNC1(C(=O)O)CCC(N(C)CC(F)(F)F)C1. The number of rotatable bonds is 6. The highest BCUT2D eigenvalue weighted by molar-refractivity contribution is 5.79. The van der Waals surface area contributed by atoms with E-state index in [9.17, 15) is 23.1 Å². The second-order valence-corrected chi connectivity index (χ2v) is 5.24. The highest BCUT2D eigenvalue weighted by atomic mass is 19.4. The van der Waals surface area contributed by atoms with Gasteiger partial charge in [-0.1, -0.05) is 6.92 Å². The topological polar surface area (TPSA) is 52.6 Å². The summed E-state index contributed by atoms with van der Waals surface area (Å²) in [7, 11) is 1.40. The number of alkyl halides is 3. The van der Waals surface area contributed by atoms with E-state index >= 15 is 0 Å². The molecule has 0 heterocycles. The summed E-state index contributed by atoms with van der Waals surface area (Å²) >= 11 is 0. The van der Waals surface area contributed by atoms with E-state index in [0.29, 0.717) is 19.4 Å². The van der Waals surface area contributed by atoms with Gasteiger partial charge in [-0.3, -0.25) is 9.69 Å². The summed E-state index contributed by atoms with van der Waals surface area (Å²) in [6.07, 6.45) is -2.40. The van der Waals surface area contributed by atoms with E-state index in [2.05, 4.69) is 5.32 Å². The van der Waals surface area contributed by atoms with Crippen LogP contribution in [0.25, 0.3) is 0 Å². The Morgan fingerprint density at radius 1 is 1.53 bits per heavy atom. The minimum atomic E-state index is -4.25. The highest BCUT2D eigenvalue weighted by Crippen LogP contribution is 2.34. The molecule has 0 spiro atoms. The summed E-state index contributed by atoms with van der Waals surface area (Å²) in [5.41, 5.74) is -1.07. The van der Waals surface area contributed by atoms with E-state index in [1.54, 1.807) is 0 Å². The Labute approximate surface area is 111 Å². The number of carboxylic acid groups (broad SMARTS) is 1. The number of aliphatic carboxylic acids is 1. The van der Waals surface area contributed by atoms with E-state index in [-0.39, 0.29) is 12.5 Å². The third-order valence-corrected chi connectivity index (χ3v) is 3.66. The van der Waals surface area contributed by atoms with E-state index in [0.717, 1.165) is 6.42 Å². The summed E-state index contributed by atoms with van der Waals surface area (Å²) in [5, 5.41) is 12.3. The van der Waals surface area contributed by atoms with Gasteiger partial charge in [-0.05, 0) is 39.3 Å². The van der Waals surface area contributed by atoms with Crippen molar-refractivity contribution in [3.05, 3.63) is 0 Å². The monoisotopic (exact) mass is 282 g/mol. The molecule has 19 heavy (non-hydrogen) atoms. The summed E-state index contributed by atoms with van der Waals surface area (Å²) < 4.78 is 37.0. The van der Waals surface area contributed by atoms with E-state index < -0.39 is 24.2 Å². The smallest absolute Gasteiger partial charge is 0.401 e. The maximum absolute atomic E-state index is 12.3. The summed E-state index contributed by atoms with van der Waals surface area (Å²) in [5.74, 6) is -0.969. The van der Waals surface area contributed by atoms with E-state index in [1.165, 1.54) is 11.9 Å². The van der Waals surface area contributed by atoms with Crippen molar-refractivity contribution < 1.29 is 23.1 Å². The van der Waals surface area contributed by atoms with Gasteiger partial charge < -0.3 is 10.4 Å². The second-order valence-electron chi connectivity index (χ2n) is 5.24. The Morgan fingerprint density at radius 3 is 2.63 bits per heavy atom. The van der Waals surface area contributed by atoms with Gasteiger partial charge in [0.15, 0.2) is 0 Å². The molecule has 2 N–H and O–H groups in total. The third kappa shape index (κ3) is 4.35. The molecule has 1 fully saturated rings. The van der Waals surface area contributed by atoms with Gasteiger partial charge in [0.25, 0.3) is 0 Å². The molecule has 1 aliphatic rings. The molecule has 0 bridgehead atoms. The third-order valence-electron chi connectivity index (χ3n) is 3.66. The Balaban J connectivity index is 2.65. The first kappa shape index (κ1) is 16.2. The summed E-state index contributed by atoms with van der Waals surface area (Å²) in [4.78, 5) is 12.6. The van der Waals surface area contributed by atoms with Gasteiger partial charge in [-0.15, -0.1) is 0 Å². The molecule has 7 heteroatoms. The molecule has 112 valence electrons. The van der Waals surface area contributed by atoms with Crippen molar-refractivity contribution in [2.24, 2.45) is 0 Å². The van der Waals surface area contributed by atoms with Crippen LogP contribution < -0.4 is 5.32 Å². The average molecular weight is 282 g/mol. The molecule has 0 radical (unpaired) electrons. The van der Waals surface area contributed by atoms with Crippen molar-refractivity contribution in [3.8, 4) is 0 Å². The Bertz CT molecular complexity index is 323. The molecule has 0 aromatic carbocycles. The van der Waals surface area contributed by atoms with Crippen LogP contribution in [0.4, 0.5) is 13.2 Å². The number of hydrogen-bond acceptors (Lipinski definition) is 3. The van der Waals surface area contributed by atoms with Crippen molar-refractivity contribution in [1.29, 1.82) is 0 Å². The van der Waals surface area contributed by atoms with Crippen LogP contribution in [-0.4, -0.2) is 53.9 Å². The predicted molar refractivity (Wildman–Crippen MR) is 65.0 cm³/mol. The molecule has 1 saturated carbocycles. The molecular weight excluding hydrogens is 261 g/mol. The molecule has 1 aliphatic carbocycles. The number of carboxylic acids is 1. The lowest BCUT2D eigenvalue weighted by molar-refractivity contribution is -0.148. The molecule has 4 nitrogen and oxygen atoms in total. The van der Waals surface area contributed by atoms with Crippen molar-refractivity contribution in [1.82, 2.24) is 10.2 Å². The van der Waals surface area contributed by atoms with Crippen molar-refractivity contribution in [2.45, 2.75) is 50.4 Å². The Hall–Kier alpha value is -0.820. The van der Waals surface area contributed by atoms with Crippen molar-refractivity contribution in [2.75, 3.05) is 20.1 Å². The first-order valence-corrected chi connectivity index (χ1v) is 6.45. The predicted octanol–water partition coefficient (Wildman–Crippen LogP) is 1.86. The number of nitrogens with one attached hydrogen (secondary N) is 1. The van der Waals surface area contributed by atoms with Crippen LogP contribution in [0.5, 0.6) is 0 Å². The zero-order valence-electron chi connectivity index (χ0n) is 11.3. The Kier molecular flexibility index (Phi) is 5.20. The van der Waals surface area contributed by atoms with E-state index in [4.69, 9.17) is 0 Å². The maximum Gasteiger partial charge on any atom is 0.401 e. The second kappa shape index (κ2) is 6.09. The van der Waals surface area contributed by atoms with E-state index in [1.807, 2.05) is 6.92 Å². The number of nitrogens with zero attached hydrogens (tertiary/aromatic N) is 1. The lowest BCUT2D eigenvalue weighted by Gasteiger charge is -2.29. The standard InChI is InChI=1S/C12H21F3N2O2/c1-3-6-16-11(10(18)19)5-4-9(7-11)17(2)8-12(13,14)15/h9,16H,3-8H2,1-2H3,(H,18,19). The minimum Gasteiger partial charge on any atom is -0.480 e. The molecule has 0 saturated heterocycles. The van der Waals surface area contributed by atoms with Gasteiger partial charge in [0, 0.05) is 6.04 Å². The number of hydrogen-bond donors (Lipinski definition) is 2. The van der Waals surface area contributed by atoms with Crippen molar-refractivity contribution in [3.63, 3.8) is 0 Å².